The second kappa shape index (κ2) is 8.08. The number of carbonyl (C=O) groups excluding carboxylic acids is 2. The van der Waals surface area contributed by atoms with Crippen LogP contribution in [0.1, 0.15) is 64.2 Å². The minimum absolute atomic E-state index is 0.164. The van der Waals surface area contributed by atoms with Crippen LogP contribution in [0, 0.1) is 0 Å². The summed E-state index contributed by atoms with van der Waals surface area (Å²) in [7, 11) is 0. The van der Waals surface area contributed by atoms with E-state index in [0.717, 1.165) is 51.4 Å². The van der Waals surface area contributed by atoms with Gasteiger partial charge in [-0.1, -0.05) is 12.2 Å². The van der Waals surface area contributed by atoms with Crippen molar-refractivity contribution in [2.45, 2.75) is 76.4 Å². The number of ether oxygens (including phenoxy) is 2. The number of esters is 2. The van der Waals surface area contributed by atoms with E-state index in [-0.39, 0.29) is 24.1 Å². The van der Waals surface area contributed by atoms with E-state index in [1.165, 1.54) is 0 Å². The van der Waals surface area contributed by atoms with E-state index in [0.29, 0.717) is 12.8 Å². The molecular formula is C16H24O4. The molecule has 1 heterocycles. The highest BCUT2D eigenvalue weighted by Gasteiger charge is 2.31. The van der Waals surface area contributed by atoms with Gasteiger partial charge in [0.25, 0.3) is 0 Å². The van der Waals surface area contributed by atoms with Crippen LogP contribution in [0.4, 0.5) is 0 Å². The Morgan fingerprint density at radius 3 is 1.65 bits per heavy atom. The van der Waals surface area contributed by atoms with Gasteiger partial charge in [-0.2, -0.15) is 0 Å². The third-order valence-electron chi connectivity index (χ3n) is 3.88. The van der Waals surface area contributed by atoms with E-state index in [2.05, 4.69) is 12.2 Å². The number of rotatable bonds is 0. The van der Waals surface area contributed by atoms with Crippen molar-refractivity contribution >= 4 is 11.9 Å². The van der Waals surface area contributed by atoms with E-state index in [4.69, 9.17) is 9.47 Å². The van der Waals surface area contributed by atoms with Crippen molar-refractivity contribution in [1.82, 2.24) is 0 Å². The first-order chi connectivity index (χ1) is 9.75. The van der Waals surface area contributed by atoms with E-state index in [1.807, 2.05) is 0 Å². The van der Waals surface area contributed by atoms with Gasteiger partial charge in [0, 0.05) is 12.8 Å². The van der Waals surface area contributed by atoms with Crippen molar-refractivity contribution in [1.29, 1.82) is 0 Å². The van der Waals surface area contributed by atoms with Crippen LogP contribution in [0.2, 0.25) is 0 Å². The van der Waals surface area contributed by atoms with E-state index < -0.39 is 0 Å². The van der Waals surface area contributed by atoms with Gasteiger partial charge in [-0.15, -0.1) is 0 Å². The molecule has 0 bridgehead atoms. The zero-order chi connectivity index (χ0) is 14.2. The predicted molar refractivity (Wildman–Crippen MR) is 75.1 cm³/mol. The number of fused-ring (bicyclic) bond motifs is 1. The van der Waals surface area contributed by atoms with Gasteiger partial charge >= 0.3 is 11.9 Å². The molecular weight excluding hydrogens is 256 g/mol. The Morgan fingerprint density at radius 2 is 1.20 bits per heavy atom. The highest BCUT2D eigenvalue weighted by molar-refractivity contribution is 5.70. The number of hydrogen-bond donors (Lipinski definition) is 0. The lowest BCUT2D eigenvalue weighted by Gasteiger charge is -2.30. The second-order valence-electron chi connectivity index (χ2n) is 5.60. The average Bonchev–Trinajstić information content (AvgIpc) is 2.43. The minimum Gasteiger partial charge on any atom is -0.458 e. The SMILES string of the molecule is O=C1CCC/C=C\CCCC(=O)O[C@H]2CCCC[C@@H]2O1. The number of allylic oxidation sites excluding steroid dienone is 2. The largest absolute Gasteiger partial charge is 0.458 e. The fourth-order valence-corrected chi connectivity index (χ4v) is 2.75. The summed E-state index contributed by atoms with van der Waals surface area (Å²) >= 11 is 0. The molecule has 1 fully saturated rings. The summed E-state index contributed by atoms with van der Waals surface area (Å²) in [4.78, 5) is 23.6. The Hall–Kier alpha value is -1.32. The number of carbonyl (C=O) groups is 2. The third-order valence-corrected chi connectivity index (χ3v) is 3.88. The summed E-state index contributed by atoms with van der Waals surface area (Å²) in [6.07, 6.45) is 11.7. The zero-order valence-corrected chi connectivity index (χ0v) is 12.0. The molecule has 0 saturated heterocycles. The summed E-state index contributed by atoms with van der Waals surface area (Å²) in [6.45, 7) is 0. The molecule has 0 N–H and O–H groups in total. The Morgan fingerprint density at radius 1 is 0.750 bits per heavy atom. The molecule has 0 aromatic carbocycles. The summed E-state index contributed by atoms with van der Waals surface area (Å²) < 4.78 is 11.0. The van der Waals surface area contributed by atoms with Crippen molar-refractivity contribution < 1.29 is 19.1 Å². The molecule has 1 aliphatic carbocycles. The van der Waals surface area contributed by atoms with Crippen molar-refractivity contribution in [3.8, 4) is 0 Å². The lowest BCUT2D eigenvalue weighted by molar-refractivity contribution is -0.171. The molecule has 4 nitrogen and oxygen atoms in total. The first-order valence-corrected chi connectivity index (χ1v) is 7.79. The van der Waals surface area contributed by atoms with Gasteiger partial charge in [-0.3, -0.25) is 9.59 Å². The van der Waals surface area contributed by atoms with Gasteiger partial charge in [0.1, 0.15) is 12.2 Å². The molecule has 0 spiro atoms. The normalized spacial score (nSPS) is 31.4. The van der Waals surface area contributed by atoms with Crippen LogP contribution < -0.4 is 0 Å². The van der Waals surface area contributed by atoms with Crippen LogP contribution in [-0.2, 0) is 19.1 Å². The van der Waals surface area contributed by atoms with Gasteiger partial charge in [0.05, 0.1) is 0 Å². The second-order valence-corrected chi connectivity index (χ2v) is 5.60. The maximum absolute atomic E-state index is 11.8. The van der Waals surface area contributed by atoms with Crippen molar-refractivity contribution in [2.24, 2.45) is 0 Å². The smallest absolute Gasteiger partial charge is 0.306 e. The quantitative estimate of drug-likeness (QED) is 0.504. The van der Waals surface area contributed by atoms with Crippen LogP contribution in [-0.4, -0.2) is 24.1 Å². The van der Waals surface area contributed by atoms with Crippen LogP contribution in [0.25, 0.3) is 0 Å². The summed E-state index contributed by atoms with van der Waals surface area (Å²) in [5.74, 6) is -0.327. The van der Waals surface area contributed by atoms with Crippen LogP contribution in [0.3, 0.4) is 0 Å². The van der Waals surface area contributed by atoms with Gasteiger partial charge in [0.2, 0.25) is 0 Å². The summed E-state index contributed by atoms with van der Waals surface area (Å²) in [5, 5.41) is 0. The first kappa shape index (κ1) is 15.1. The average molecular weight is 280 g/mol. The molecule has 4 heteroatoms. The molecule has 1 aliphatic heterocycles. The molecule has 112 valence electrons. The topological polar surface area (TPSA) is 52.6 Å². The first-order valence-electron chi connectivity index (χ1n) is 7.79. The molecule has 0 radical (unpaired) electrons. The maximum atomic E-state index is 11.8. The maximum Gasteiger partial charge on any atom is 0.306 e. The molecule has 0 amide bonds. The highest BCUT2D eigenvalue weighted by Crippen LogP contribution is 2.25. The molecule has 20 heavy (non-hydrogen) atoms. The van der Waals surface area contributed by atoms with Gasteiger partial charge in [-0.25, -0.2) is 0 Å². The monoisotopic (exact) mass is 280 g/mol. The van der Waals surface area contributed by atoms with E-state index in [1.54, 1.807) is 0 Å². The zero-order valence-electron chi connectivity index (χ0n) is 12.0. The van der Waals surface area contributed by atoms with Crippen LogP contribution in [0.5, 0.6) is 0 Å². The Bertz CT molecular complexity index is 327. The van der Waals surface area contributed by atoms with Crippen LogP contribution >= 0.6 is 0 Å². The molecule has 2 aliphatic rings. The minimum atomic E-state index is -0.237. The molecule has 0 aromatic heterocycles. The third kappa shape index (κ3) is 4.99. The fourth-order valence-electron chi connectivity index (χ4n) is 2.75. The standard InChI is InChI=1S/C16H24O4/c17-15-11-5-3-1-2-4-6-12-16(18)20-14-10-8-7-9-13(14)19-15/h1-2,13-14H,3-12H2/b2-1-/t13-,14-/m0/s1. The molecule has 0 unspecified atom stereocenters. The summed E-state index contributed by atoms with van der Waals surface area (Å²) in [6, 6.07) is 0. The Labute approximate surface area is 120 Å². The van der Waals surface area contributed by atoms with Crippen molar-refractivity contribution in [2.75, 3.05) is 0 Å². The summed E-state index contributed by atoms with van der Waals surface area (Å²) in [5.41, 5.74) is 0. The Kier molecular flexibility index (Phi) is 6.09. The lowest BCUT2D eigenvalue weighted by Crippen LogP contribution is -2.37. The highest BCUT2D eigenvalue weighted by atomic mass is 16.6. The molecule has 0 aromatic rings. The fraction of sp³-hybridized carbons (Fsp3) is 0.750. The van der Waals surface area contributed by atoms with Crippen LogP contribution in [0.15, 0.2) is 12.2 Å². The van der Waals surface area contributed by atoms with Crippen molar-refractivity contribution in [3.63, 3.8) is 0 Å². The predicted octanol–water partition coefficient (Wildman–Crippen LogP) is 3.29. The number of hydrogen-bond acceptors (Lipinski definition) is 4. The molecule has 2 atom stereocenters. The van der Waals surface area contributed by atoms with Crippen molar-refractivity contribution in [3.05, 3.63) is 12.2 Å². The van der Waals surface area contributed by atoms with Gasteiger partial charge in [-0.05, 0) is 51.4 Å². The van der Waals surface area contributed by atoms with E-state index in [9.17, 15) is 9.59 Å². The molecule has 1 saturated carbocycles. The van der Waals surface area contributed by atoms with Gasteiger partial charge in [0.15, 0.2) is 0 Å². The van der Waals surface area contributed by atoms with Gasteiger partial charge < -0.3 is 9.47 Å². The lowest BCUT2D eigenvalue weighted by atomic mass is 9.94. The Balaban J connectivity index is 1.97. The van der Waals surface area contributed by atoms with E-state index >= 15 is 0 Å². The molecule has 2 rings (SSSR count).